The van der Waals surface area contributed by atoms with E-state index in [1.165, 1.54) is 12.8 Å². The van der Waals surface area contributed by atoms with E-state index < -0.39 is 0 Å². The maximum atomic E-state index is 6.32. The van der Waals surface area contributed by atoms with Gasteiger partial charge in [-0.05, 0) is 50.1 Å². The van der Waals surface area contributed by atoms with Gasteiger partial charge in [0.1, 0.15) is 0 Å². The maximum absolute atomic E-state index is 6.32. The highest BCUT2D eigenvalue weighted by atomic mass is 79.9. The SMILES string of the molecule is CN(CC1CCCCO1)C(CN)c1cc(Br)ccc1Cl. The summed E-state index contributed by atoms with van der Waals surface area (Å²) in [6.45, 7) is 2.31. The predicted octanol–water partition coefficient (Wildman–Crippen LogP) is 3.60. The minimum atomic E-state index is 0.116. The Bertz CT molecular complexity index is 438. The average Bonchev–Trinajstić information content (AvgIpc) is 2.44. The molecule has 112 valence electrons. The molecule has 1 fully saturated rings. The second-order valence-electron chi connectivity index (χ2n) is 5.35. The Kier molecular flexibility index (Phi) is 6.30. The highest BCUT2D eigenvalue weighted by Gasteiger charge is 2.23. The third kappa shape index (κ3) is 4.18. The van der Waals surface area contributed by atoms with Crippen molar-refractivity contribution in [2.45, 2.75) is 31.4 Å². The average molecular weight is 362 g/mol. The van der Waals surface area contributed by atoms with Gasteiger partial charge in [0.15, 0.2) is 0 Å². The molecule has 2 rings (SSSR count). The molecule has 0 aromatic heterocycles. The zero-order chi connectivity index (χ0) is 14.5. The number of ether oxygens (including phenoxy) is 1. The molecule has 2 atom stereocenters. The first-order chi connectivity index (χ1) is 9.61. The number of rotatable bonds is 5. The Hall–Kier alpha value is -0.130. The van der Waals surface area contributed by atoms with Crippen LogP contribution in [0.5, 0.6) is 0 Å². The molecule has 5 heteroatoms. The Labute approximate surface area is 134 Å². The van der Waals surface area contributed by atoms with Crippen molar-refractivity contribution in [1.29, 1.82) is 0 Å². The lowest BCUT2D eigenvalue weighted by Crippen LogP contribution is -2.38. The highest BCUT2D eigenvalue weighted by Crippen LogP contribution is 2.29. The third-order valence-electron chi connectivity index (χ3n) is 3.84. The van der Waals surface area contributed by atoms with Crippen molar-refractivity contribution in [2.75, 3.05) is 26.7 Å². The third-order valence-corrected chi connectivity index (χ3v) is 4.68. The largest absolute Gasteiger partial charge is 0.377 e. The summed E-state index contributed by atoms with van der Waals surface area (Å²) in [5.74, 6) is 0. The van der Waals surface area contributed by atoms with Gasteiger partial charge in [-0.3, -0.25) is 4.90 Å². The lowest BCUT2D eigenvalue weighted by Gasteiger charge is -2.33. The van der Waals surface area contributed by atoms with E-state index in [1.807, 2.05) is 12.1 Å². The van der Waals surface area contributed by atoms with E-state index in [4.69, 9.17) is 22.1 Å². The van der Waals surface area contributed by atoms with Gasteiger partial charge in [0.05, 0.1) is 6.10 Å². The molecular weight excluding hydrogens is 340 g/mol. The summed E-state index contributed by atoms with van der Waals surface area (Å²) in [6, 6.07) is 6.03. The summed E-state index contributed by atoms with van der Waals surface area (Å²) >= 11 is 9.82. The second kappa shape index (κ2) is 7.76. The van der Waals surface area contributed by atoms with Crippen LogP contribution in [-0.4, -0.2) is 37.7 Å². The maximum Gasteiger partial charge on any atom is 0.0702 e. The molecule has 2 N–H and O–H groups in total. The quantitative estimate of drug-likeness (QED) is 0.871. The zero-order valence-electron chi connectivity index (χ0n) is 11.8. The van der Waals surface area contributed by atoms with Crippen LogP contribution in [0.25, 0.3) is 0 Å². The van der Waals surface area contributed by atoms with Crippen molar-refractivity contribution in [3.05, 3.63) is 33.3 Å². The van der Waals surface area contributed by atoms with Crippen LogP contribution in [0.2, 0.25) is 5.02 Å². The normalized spacial score (nSPS) is 21.1. The zero-order valence-corrected chi connectivity index (χ0v) is 14.2. The molecule has 1 aromatic rings. The fourth-order valence-corrected chi connectivity index (χ4v) is 3.34. The highest BCUT2D eigenvalue weighted by molar-refractivity contribution is 9.10. The van der Waals surface area contributed by atoms with E-state index in [9.17, 15) is 0 Å². The van der Waals surface area contributed by atoms with Gasteiger partial charge in [-0.2, -0.15) is 0 Å². The van der Waals surface area contributed by atoms with Gasteiger partial charge in [-0.1, -0.05) is 27.5 Å². The first-order valence-electron chi connectivity index (χ1n) is 7.08. The summed E-state index contributed by atoms with van der Waals surface area (Å²) < 4.78 is 6.83. The molecule has 1 aliphatic rings. The predicted molar refractivity (Wildman–Crippen MR) is 87.2 cm³/mol. The lowest BCUT2D eigenvalue weighted by atomic mass is 10.0. The Morgan fingerprint density at radius 1 is 1.50 bits per heavy atom. The molecule has 1 aliphatic heterocycles. The number of benzene rings is 1. The monoisotopic (exact) mass is 360 g/mol. The minimum Gasteiger partial charge on any atom is -0.377 e. The van der Waals surface area contributed by atoms with E-state index in [2.05, 4.69) is 33.9 Å². The first kappa shape index (κ1) is 16.2. The minimum absolute atomic E-state index is 0.116. The second-order valence-corrected chi connectivity index (χ2v) is 6.67. The van der Waals surface area contributed by atoms with Gasteiger partial charge in [-0.15, -0.1) is 0 Å². The fourth-order valence-electron chi connectivity index (χ4n) is 2.71. The van der Waals surface area contributed by atoms with E-state index >= 15 is 0 Å². The van der Waals surface area contributed by atoms with Crippen molar-refractivity contribution >= 4 is 27.5 Å². The number of hydrogen-bond donors (Lipinski definition) is 1. The van der Waals surface area contributed by atoms with Crippen molar-refractivity contribution < 1.29 is 4.74 Å². The van der Waals surface area contributed by atoms with Gasteiger partial charge in [0.2, 0.25) is 0 Å². The Morgan fingerprint density at radius 3 is 2.95 bits per heavy atom. The number of halogens is 2. The van der Waals surface area contributed by atoms with Gasteiger partial charge >= 0.3 is 0 Å². The lowest BCUT2D eigenvalue weighted by molar-refractivity contribution is -0.00777. The molecule has 0 aliphatic carbocycles. The Morgan fingerprint density at radius 2 is 2.30 bits per heavy atom. The molecule has 20 heavy (non-hydrogen) atoms. The number of hydrogen-bond acceptors (Lipinski definition) is 3. The molecule has 1 saturated heterocycles. The Balaban J connectivity index is 2.07. The molecule has 2 unspecified atom stereocenters. The van der Waals surface area contributed by atoms with Crippen LogP contribution in [0.3, 0.4) is 0 Å². The van der Waals surface area contributed by atoms with Crippen molar-refractivity contribution in [3.8, 4) is 0 Å². The number of nitrogens with two attached hydrogens (primary N) is 1. The van der Waals surface area contributed by atoms with Crippen LogP contribution in [-0.2, 0) is 4.74 Å². The van der Waals surface area contributed by atoms with Crippen molar-refractivity contribution in [3.63, 3.8) is 0 Å². The molecular formula is C15H22BrClN2O. The standard InChI is InChI=1S/C15H22BrClN2O/c1-19(10-12-4-2-3-7-20-12)15(9-18)13-8-11(16)5-6-14(13)17/h5-6,8,12,15H,2-4,7,9-10,18H2,1H3. The van der Waals surface area contributed by atoms with Gasteiger partial charge < -0.3 is 10.5 Å². The molecule has 1 aromatic carbocycles. The van der Waals surface area contributed by atoms with Crippen LogP contribution in [0.4, 0.5) is 0 Å². The summed E-state index contributed by atoms with van der Waals surface area (Å²) in [6.07, 6.45) is 3.88. The fraction of sp³-hybridized carbons (Fsp3) is 0.600. The van der Waals surface area contributed by atoms with E-state index in [1.54, 1.807) is 0 Å². The van der Waals surface area contributed by atoms with Crippen LogP contribution in [0, 0.1) is 0 Å². The molecule has 0 spiro atoms. The summed E-state index contributed by atoms with van der Waals surface area (Å²) in [5, 5.41) is 0.764. The van der Waals surface area contributed by atoms with Crippen LogP contribution >= 0.6 is 27.5 Å². The van der Waals surface area contributed by atoms with Crippen molar-refractivity contribution in [2.24, 2.45) is 5.73 Å². The van der Waals surface area contributed by atoms with Crippen LogP contribution in [0.15, 0.2) is 22.7 Å². The molecule has 3 nitrogen and oxygen atoms in total. The van der Waals surface area contributed by atoms with Crippen molar-refractivity contribution in [1.82, 2.24) is 4.90 Å². The van der Waals surface area contributed by atoms with Gasteiger partial charge in [0, 0.05) is 35.2 Å². The number of likely N-dealkylation sites (N-methyl/N-ethyl adjacent to an activating group) is 1. The molecule has 0 amide bonds. The summed E-state index contributed by atoms with van der Waals surface area (Å²) in [4.78, 5) is 2.25. The van der Waals surface area contributed by atoms with Crippen LogP contribution in [0.1, 0.15) is 30.9 Å². The van der Waals surface area contributed by atoms with Crippen LogP contribution < -0.4 is 5.73 Å². The first-order valence-corrected chi connectivity index (χ1v) is 8.25. The molecule has 0 saturated carbocycles. The molecule has 1 heterocycles. The molecule has 0 radical (unpaired) electrons. The summed E-state index contributed by atoms with van der Waals surface area (Å²) in [5.41, 5.74) is 7.04. The van der Waals surface area contributed by atoms with Gasteiger partial charge in [0.25, 0.3) is 0 Å². The van der Waals surface area contributed by atoms with E-state index in [-0.39, 0.29) is 6.04 Å². The topological polar surface area (TPSA) is 38.5 Å². The van der Waals surface area contributed by atoms with Gasteiger partial charge in [-0.25, -0.2) is 0 Å². The smallest absolute Gasteiger partial charge is 0.0702 e. The molecule has 0 bridgehead atoms. The van der Waals surface area contributed by atoms with E-state index in [0.29, 0.717) is 12.6 Å². The number of nitrogens with zero attached hydrogens (tertiary/aromatic N) is 1. The summed E-state index contributed by atoms with van der Waals surface area (Å²) in [7, 11) is 2.09. The van der Waals surface area contributed by atoms with E-state index in [0.717, 1.165) is 34.6 Å².